The lowest BCUT2D eigenvalue weighted by molar-refractivity contribution is 0.378. The van der Waals surface area contributed by atoms with Crippen LogP contribution in [0.15, 0.2) is 36.5 Å². The molecular weight excluding hydrogens is 252 g/mol. The normalized spacial score (nSPS) is 12.0. The zero-order chi connectivity index (χ0) is 14.5. The molecule has 106 valence electrons. The molecule has 0 radical (unpaired) electrons. The lowest BCUT2D eigenvalue weighted by Crippen LogP contribution is -2.20. The number of hydrogen-bond acceptors (Lipinski definition) is 4. The summed E-state index contributed by atoms with van der Waals surface area (Å²) in [4.78, 5) is 4.46. The van der Waals surface area contributed by atoms with E-state index in [1.807, 2.05) is 37.5 Å². The number of aromatic nitrogens is 1. The fraction of sp³-hybridized carbons (Fsp3) is 0.312. The quantitative estimate of drug-likeness (QED) is 0.909. The first-order valence-corrected chi connectivity index (χ1v) is 6.52. The standard InChI is InChI=1S/C16H20N2O2/c1-11-8-9-18-12(10-11)16(17-2)15-13(19-3)6-5-7-14(15)20-4/h5-10,16-17H,1-4H3. The smallest absolute Gasteiger partial charge is 0.127 e. The Balaban J connectivity index is 2.57. The summed E-state index contributed by atoms with van der Waals surface area (Å²) >= 11 is 0. The van der Waals surface area contributed by atoms with Crippen LogP contribution in [-0.4, -0.2) is 26.3 Å². The Kier molecular flexibility index (Phi) is 4.58. The van der Waals surface area contributed by atoms with Crippen LogP contribution in [0, 0.1) is 6.92 Å². The third kappa shape index (κ3) is 2.75. The molecule has 0 spiro atoms. The van der Waals surface area contributed by atoms with E-state index in [1.54, 1.807) is 14.2 Å². The SMILES string of the molecule is CNC(c1cc(C)ccn1)c1c(OC)cccc1OC. The minimum Gasteiger partial charge on any atom is -0.496 e. The highest BCUT2D eigenvalue weighted by Crippen LogP contribution is 2.36. The van der Waals surface area contributed by atoms with Gasteiger partial charge in [-0.3, -0.25) is 4.98 Å². The van der Waals surface area contributed by atoms with E-state index >= 15 is 0 Å². The number of hydrogen-bond donors (Lipinski definition) is 1. The van der Waals surface area contributed by atoms with Gasteiger partial charge in [-0.05, 0) is 43.8 Å². The summed E-state index contributed by atoms with van der Waals surface area (Å²) in [6.07, 6.45) is 1.82. The maximum atomic E-state index is 5.47. The zero-order valence-corrected chi connectivity index (χ0v) is 12.3. The number of benzene rings is 1. The van der Waals surface area contributed by atoms with Crippen LogP contribution in [0.1, 0.15) is 22.9 Å². The second kappa shape index (κ2) is 6.39. The summed E-state index contributed by atoms with van der Waals surface area (Å²) in [5, 5.41) is 3.29. The molecule has 1 unspecified atom stereocenters. The number of aryl methyl sites for hydroxylation is 1. The Bertz CT molecular complexity index is 562. The van der Waals surface area contributed by atoms with Gasteiger partial charge in [0, 0.05) is 6.20 Å². The Morgan fingerprint density at radius 2 is 1.75 bits per heavy atom. The molecule has 0 fully saturated rings. The minimum atomic E-state index is -0.0824. The monoisotopic (exact) mass is 272 g/mol. The van der Waals surface area contributed by atoms with E-state index in [0.29, 0.717) is 0 Å². The number of rotatable bonds is 5. The molecule has 4 heteroatoms. The third-order valence-electron chi connectivity index (χ3n) is 3.28. The molecule has 4 nitrogen and oxygen atoms in total. The largest absolute Gasteiger partial charge is 0.496 e. The number of ether oxygens (including phenoxy) is 2. The summed E-state index contributed by atoms with van der Waals surface area (Å²) in [7, 11) is 5.23. The average molecular weight is 272 g/mol. The van der Waals surface area contributed by atoms with Crippen LogP contribution in [0.5, 0.6) is 11.5 Å². The lowest BCUT2D eigenvalue weighted by atomic mass is 10.00. The van der Waals surface area contributed by atoms with Crippen molar-refractivity contribution in [1.29, 1.82) is 0 Å². The molecule has 0 saturated carbocycles. The Morgan fingerprint density at radius 3 is 2.25 bits per heavy atom. The fourth-order valence-corrected chi connectivity index (χ4v) is 2.32. The van der Waals surface area contributed by atoms with Gasteiger partial charge in [-0.2, -0.15) is 0 Å². The Morgan fingerprint density at radius 1 is 1.10 bits per heavy atom. The second-order valence-corrected chi connectivity index (χ2v) is 4.56. The molecule has 1 N–H and O–H groups in total. The maximum absolute atomic E-state index is 5.47. The first-order chi connectivity index (χ1) is 9.71. The van der Waals surface area contributed by atoms with E-state index in [9.17, 15) is 0 Å². The van der Waals surface area contributed by atoms with Gasteiger partial charge in [-0.15, -0.1) is 0 Å². The molecule has 0 aliphatic heterocycles. The van der Waals surface area contributed by atoms with Crippen LogP contribution in [0.25, 0.3) is 0 Å². The Labute approximate surface area is 119 Å². The molecule has 2 aromatic rings. The molecule has 0 aliphatic rings. The van der Waals surface area contributed by atoms with Crippen molar-refractivity contribution in [3.63, 3.8) is 0 Å². The average Bonchev–Trinajstić information content (AvgIpc) is 2.48. The maximum Gasteiger partial charge on any atom is 0.127 e. The van der Waals surface area contributed by atoms with Crippen molar-refractivity contribution in [3.05, 3.63) is 53.3 Å². The van der Waals surface area contributed by atoms with Gasteiger partial charge in [-0.1, -0.05) is 6.07 Å². The van der Waals surface area contributed by atoms with E-state index in [4.69, 9.17) is 9.47 Å². The molecular formula is C16H20N2O2. The molecule has 1 atom stereocenters. The van der Waals surface area contributed by atoms with Crippen molar-refractivity contribution in [2.75, 3.05) is 21.3 Å². The molecule has 2 rings (SSSR count). The Hall–Kier alpha value is -2.07. The second-order valence-electron chi connectivity index (χ2n) is 4.56. The predicted octanol–water partition coefficient (Wildman–Crippen LogP) is 2.72. The first kappa shape index (κ1) is 14.3. The van der Waals surface area contributed by atoms with Crippen molar-refractivity contribution in [2.45, 2.75) is 13.0 Å². The van der Waals surface area contributed by atoms with Gasteiger partial charge in [0.1, 0.15) is 11.5 Å². The summed E-state index contributed by atoms with van der Waals surface area (Å²) < 4.78 is 10.9. The molecule has 20 heavy (non-hydrogen) atoms. The molecule has 0 saturated heterocycles. The summed E-state index contributed by atoms with van der Waals surface area (Å²) in [6.45, 7) is 2.05. The van der Waals surface area contributed by atoms with Gasteiger partial charge in [-0.25, -0.2) is 0 Å². The van der Waals surface area contributed by atoms with Crippen LogP contribution >= 0.6 is 0 Å². The number of methoxy groups -OCH3 is 2. The number of nitrogens with one attached hydrogen (secondary N) is 1. The minimum absolute atomic E-state index is 0.0824. The first-order valence-electron chi connectivity index (χ1n) is 6.52. The molecule has 1 aromatic carbocycles. The van der Waals surface area contributed by atoms with Gasteiger partial charge >= 0.3 is 0 Å². The fourth-order valence-electron chi connectivity index (χ4n) is 2.32. The van der Waals surface area contributed by atoms with Gasteiger partial charge in [0.05, 0.1) is 31.5 Å². The molecule has 1 aromatic heterocycles. The highest BCUT2D eigenvalue weighted by molar-refractivity contribution is 5.49. The molecule has 0 aliphatic carbocycles. The van der Waals surface area contributed by atoms with Crippen molar-refractivity contribution in [3.8, 4) is 11.5 Å². The zero-order valence-electron chi connectivity index (χ0n) is 12.3. The summed E-state index contributed by atoms with van der Waals surface area (Å²) in [6, 6.07) is 9.73. The van der Waals surface area contributed by atoms with Crippen LogP contribution in [-0.2, 0) is 0 Å². The van der Waals surface area contributed by atoms with Crippen LogP contribution in [0.2, 0.25) is 0 Å². The number of nitrogens with zero attached hydrogens (tertiary/aromatic N) is 1. The van der Waals surface area contributed by atoms with Gasteiger partial charge in [0.15, 0.2) is 0 Å². The molecule has 0 amide bonds. The van der Waals surface area contributed by atoms with Gasteiger partial charge in [0.2, 0.25) is 0 Å². The van der Waals surface area contributed by atoms with Crippen LogP contribution in [0.4, 0.5) is 0 Å². The predicted molar refractivity (Wildman–Crippen MR) is 79.4 cm³/mol. The number of pyridine rings is 1. The molecule has 0 bridgehead atoms. The van der Waals surface area contributed by atoms with Gasteiger partial charge in [0.25, 0.3) is 0 Å². The highest BCUT2D eigenvalue weighted by atomic mass is 16.5. The third-order valence-corrected chi connectivity index (χ3v) is 3.28. The van der Waals surface area contributed by atoms with E-state index < -0.39 is 0 Å². The van der Waals surface area contributed by atoms with Crippen LogP contribution in [0.3, 0.4) is 0 Å². The van der Waals surface area contributed by atoms with E-state index in [0.717, 1.165) is 22.8 Å². The van der Waals surface area contributed by atoms with Gasteiger partial charge < -0.3 is 14.8 Å². The lowest BCUT2D eigenvalue weighted by Gasteiger charge is -2.21. The molecule has 1 heterocycles. The summed E-state index contributed by atoms with van der Waals surface area (Å²) in [5.41, 5.74) is 3.07. The van der Waals surface area contributed by atoms with Crippen molar-refractivity contribution in [1.82, 2.24) is 10.3 Å². The van der Waals surface area contributed by atoms with Crippen molar-refractivity contribution in [2.24, 2.45) is 0 Å². The highest BCUT2D eigenvalue weighted by Gasteiger charge is 2.22. The van der Waals surface area contributed by atoms with E-state index in [1.165, 1.54) is 5.56 Å². The van der Waals surface area contributed by atoms with Crippen molar-refractivity contribution >= 4 is 0 Å². The van der Waals surface area contributed by atoms with E-state index in [-0.39, 0.29) is 6.04 Å². The van der Waals surface area contributed by atoms with Crippen molar-refractivity contribution < 1.29 is 9.47 Å². The van der Waals surface area contributed by atoms with Crippen LogP contribution < -0.4 is 14.8 Å². The summed E-state index contributed by atoms with van der Waals surface area (Å²) in [5.74, 6) is 1.57. The van der Waals surface area contributed by atoms with E-state index in [2.05, 4.69) is 23.3 Å². The topological polar surface area (TPSA) is 43.4 Å².